The summed E-state index contributed by atoms with van der Waals surface area (Å²) in [6, 6.07) is 9.39. The molecule has 29 heavy (non-hydrogen) atoms. The molecule has 0 unspecified atom stereocenters. The predicted octanol–water partition coefficient (Wildman–Crippen LogP) is 2.41. The largest absolute Gasteiger partial charge is 0.511 e. The smallest absolute Gasteiger partial charge is 0.492 e. The van der Waals surface area contributed by atoms with Crippen LogP contribution >= 0.6 is 24.0 Å². The molecule has 0 bridgehead atoms. The molecule has 166 valence electrons. The number of rotatable bonds is 7. The first kappa shape index (κ1) is 25.8. The second-order valence-corrected chi connectivity index (χ2v) is 8.26. The van der Waals surface area contributed by atoms with Gasteiger partial charge in [0.25, 0.3) is 0 Å². The number of guanidine groups is 1. The first-order chi connectivity index (χ1) is 13.2. The van der Waals surface area contributed by atoms with Crippen molar-refractivity contribution in [1.29, 1.82) is 0 Å². The number of hydrogen-bond acceptors (Lipinski definition) is 4. The third-order valence-corrected chi connectivity index (χ3v) is 6.02. The molecule has 1 saturated heterocycles. The summed E-state index contributed by atoms with van der Waals surface area (Å²) in [5.74, 6) is 1.40. The fourth-order valence-electron chi connectivity index (χ4n) is 2.82. The van der Waals surface area contributed by atoms with Crippen LogP contribution in [0.15, 0.2) is 35.3 Å². The Morgan fingerprint density at radius 3 is 2.38 bits per heavy atom. The maximum Gasteiger partial charge on any atom is 0.511 e. The van der Waals surface area contributed by atoms with Gasteiger partial charge < -0.3 is 15.4 Å². The van der Waals surface area contributed by atoms with Gasteiger partial charge in [-0.05, 0) is 30.9 Å². The summed E-state index contributed by atoms with van der Waals surface area (Å²) in [6.07, 6.45) is 0.715. The highest BCUT2D eigenvalue weighted by Gasteiger charge is 2.50. The SMILES string of the molecule is CN=C(NCCOc1ccccc1)NCC1CCN(S(=O)(=O)C(F)(F)F)CC1.I. The van der Waals surface area contributed by atoms with Gasteiger partial charge in [-0.15, -0.1) is 24.0 Å². The number of nitrogens with zero attached hydrogens (tertiary/aromatic N) is 2. The van der Waals surface area contributed by atoms with Crippen molar-refractivity contribution in [3.8, 4) is 5.75 Å². The number of ether oxygens (including phenoxy) is 1. The van der Waals surface area contributed by atoms with Gasteiger partial charge in [0.05, 0.1) is 6.54 Å². The van der Waals surface area contributed by atoms with Crippen molar-refractivity contribution in [3.05, 3.63) is 30.3 Å². The zero-order valence-corrected chi connectivity index (χ0v) is 19.1. The average molecular weight is 550 g/mol. The van der Waals surface area contributed by atoms with Crippen LogP contribution in [-0.4, -0.2) is 64.0 Å². The van der Waals surface area contributed by atoms with E-state index in [4.69, 9.17) is 4.74 Å². The molecule has 1 aromatic carbocycles. The van der Waals surface area contributed by atoms with Crippen LogP contribution in [0.2, 0.25) is 0 Å². The molecule has 0 radical (unpaired) electrons. The summed E-state index contributed by atoms with van der Waals surface area (Å²) in [4.78, 5) is 4.09. The summed E-state index contributed by atoms with van der Waals surface area (Å²) in [7, 11) is -3.62. The highest BCUT2D eigenvalue weighted by atomic mass is 127. The van der Waals surface area contributed by atoms with Crippen molar-refractivity contribution in [2.24, 2.45) is 10.9 Å². The number of aliphatic imine (C=N–C) groups is 1. The number of piperidine rings is 1. The van der Waals surface area contributed by atoms with Gasteiger partial charge in [0, 0.05) is 26.7 Å². The molecule has 0 atom stereocenters. The van der Waals surface area contributed by atoms with E-state index in [0.717, 1.165) is 5.75 Å². The van der Waals surface area contributed by atoms with Crippen LogP contribution in [0.5, 0.6) is 5.75 Å². The van der Waals surface area contributed by atoms with Crippen molar-refractivity contribution < 1.29 is 26.3 Å². The minimum absolute atomic E-state index is 0. The van der Waals surface area contributed by atoms with E-state index in [0.29, 0.717) is 42.8 Å². The number of hydrogen-bond donors (Lipinski definition) is 2. The molecule has 0 amide bonds. The second kappa shape index (κ2) is 11.8. The Morgan fingerprint density at radius 1 is 1.21 bits per heavy atom. The highest BCUT2D eigenvalue weighted by molar-refractivity contribution is 14.0. The zero-order valence-electron chi connectivity index (χ0n) is 16.0. The number of alkyl halides is 3. The van der Waals surface area contributed by atoms with Gasteiger partial charge in [-0.25, -0.2) is 8.42 Å². The maximum atomic E-state index is 12.6. The lowest BCUT2D eigenvalue weighted by atomic mass is 9.98. The number of halogens is 4. The van der Waals surface area contributed by atoms with E-state index in [1.54, 1.807) is 7.05 Å². The molecule has 1 heterocycles. The standard InChI is InChI=1S/C17H25F3N4O3S.HI/c1-21-16(22-9-12-27-15-5-3-2-4-6-15)23-13-14-7-10-24(11-8-14)28(25,26)17(18,19)20;/h2-6,14H,7-13H2,1H3,(H2,21,22,23);1H. The summed E-state index contributed by atoms with van der Waals surface area (Å²) < 4.78 is 66.7. The van der Waals surface area contributed by atoms with Crippen LogP contribution in [0.1, 0.15) is 12.8 Å². The van der Waals surface area contributed by atoms with Gasteiger partial charge in [-0.2, -0.15) is 17.5 Å². The third-order valence-electron chi connectivity index (χ3n) is 4.39. The van der Waals surface area contributed by atoms with Crippen LogP contribution in [0.4, 0.5) is 13.2 Å². The Labute approximate surface area is 186 Å². The van der Waals surface area contributed by atoms with Gasteiger partial charge in [-0.3, -0.25) is 4.99 Å². The van der Waals surface area contributed by atoms with E-state index in [-0.39, 0.29) is 43.0 Å². The normalized spacial score (nSPS) is 16.8. The van der Waals surface area contributed by atoms with Gasteiger partial charge in [0.1, 0.15) is 12.4 Å². The molecule has 1 aromatic rings. The first-order valence-electron chi connectivity index (χ1n) is 8.93. The monoisotopic (exact) mass is 550 g/mol. The molecular formula is C17H26F3IN4O3S. The van der Waals surface area contributed by atoms with Gasteiger partial charge >= 0.3 is 15.5 Å². The maximum absolute atomic E-state index is 12.6. The molecule has 1 aliphatic heterocycles. The summed E-state index contributed by atoms with van der Waals surface area (Å²) in [5, 5.41) is 6.21. The van der Waals surface area contributed by atoms with E-state index in [1.807, 2.05) is 30.3 Å². The van der Waals surface area contributed by atoms with Crippen LogP contribution in [0.3, 0.4) is 0 Å². The number of nitrogens with one attached hydrogen (secondary N) is 2. The predicted molar refractivity (Wildman–Crippen MR) is 116 cm³/mol. The first-order valence-corrected chi connectivity index (χ1v) is 10.4. The summed E-state index contributed by atoms with van der Waals surface area (Å²) in [5.41, 5.74) is -5.24. The van der Waals surface area contributed by atoms with E-state index in [9.17, 15) is 21.6 Å². The fraction of sp³-hybridized carbons (Fsp3) is 0.588. The Morgan fingerprint density at radius 2 is 1.83 bits per heavy atom. The molecule has 1 aliphatic rings. The van der Waals surface area contributed by atoms with E-state index in [2.05, 4.69) is 15.6 Å². The van der Waals surface area contributed by atoms with Gasteiger partial charge in [0.15, 0.2) is 5.96 Å². The van der Waals surface area contributed by atoms with E-state index < -0.39 is 15.5 Å². The molecule has 0 aromatic heterocycles. The Hall–Kier alpha value is -1.28. The molecule has 0 saturated carbocycles. The van der Waals surface area contributed by atoms with Crippen LogP contribution < -0.4 is 15.4 Å². The quantitative estimate of drug-likeness (QED) is 0.236. The van der Waals surface area contributed by atoms with Crippen LogP contribution in [-0.2, 0) is 10.0 Å². The zero-order chi connectivity index (χ0) is 20.6. The second-order valence-electron chi connectivity index (χ2n) is 6.33. The third kappa shape index (κ3) is 7.81. The molecule has 0 spiro atoms. The Balaban J connectivity index is 0.00000420. The van der Waals surface area contributed by atoms with Gasteiger partial charge in [-0.1, -0.05) is 18.2 Å². The fourth-order valence-corrected chi connectivity index (χ4v) is 3.80. The minimum Gasteiger partial charge on any atom is -0.492 e. The molecule has 7 nitrogen and oxygen atoms in total. The van der Waals surface area contributed by atoms with Crippen LogP contribution in [0.25, 0.3) is 0 Å². The van der Waals surface area contributed by atoms with E-state index >= 15 is 0 Å². The van der Waals surface area contributed by atoms with Crippen molar-refractivity contribution in [1.82, 2.24) is 14.9 Å². The van der Waals surface area contributed by atoms with Gasteiger partial charge in [0.2, 0.25) is 0 Å². The van der Waals surface area contributed by atoms with Crippen molar-refractivity contribution in [3.63, 3.8) is 0 Å². The van der Waals surface area contributed by atoms with E-state index in [1.165, 1.54) is 0 Å². The topological polar surface area (TPSA) is 83.0 Å². The van der Waals surface area contributed by atoms with Crippen LogP contribution in [0, 0.1) is 5.92 Å². The number of benzene rings is 1. The highest BCUT2D eigenvalue weighted by Crippen LogP contribution is 2.30. The lowest BCUT2D eigenvalue weighted by molar-refractivity contribution is -0.0496. The molecule has 2 rings (SSSR count). The molecule has 1 fully saturated rings. The minimum atomic E-state index is -5.24. The lowest BCUT2D eigenvalue weighted by Crippen LogP contribution is -2.47. The number of sulfonamides is 1. The summed E-state index contributed by atoms with van der Waals surface area (Å²) >= 11 is 0. The molecule has 12 heteroatoms. The molecule has 0 aliphatic carbocycles. The Bertz CT molecular complexity index is 740. The molecule has 2 N–H and O–H groups in total. The van der Waals surface area contributed by atoms with Crippen molar-refractivity contribution >= 4 is 40.0 Å². The van der Waals surface area contributed by atoms with Crippen molar-refractivity contribution in [2.75, 3.05) is 39.8 Å². The molecular weight excluding hydrogens is 524 g/mol. The lowest BCUT2D eigenvalue weighted by Gasteiger charge is -2.31. The Kier molecular flexibility index (Phi) is 10.5. The summed E-state index contributed by atoms with van der Waals surface area (Å²) in [6.45, 7) is 1.20. The van der Waals surface area contributed by atoms with Crippen molar-refractivity contribution in [2.45, 2.75) is 18.3 Å². The average Bonchev–Trinajstić information content (AvgIpc) is 2.67. The number of para-hydroxylation sites is 1.